The topological polar surface area (TPSA) is 12.0 Å². The molecule has 0 radical (unpaired) electrons. The van der Waals surface area contributed by atoms with Crippen molar-refractivity contribution in [1.29, 1.82) is 0 Å². The third-order valence-corrected chi connectivity index (χ3v) is 5.84. The summed E-state index contributed by atoms with van der Waals surface area (Å²) in [6.45, 7) is 3.29. The highest BCUT2D eigenvalue weighted by molar-refractivity contribution is 9.11. The van der Waals surface area contributed by atoms with Gasteiger partial charge in [0, 0.05) is 22.7 Å². The van der Waals surface area contributed by atoms with Crippen molar-refractivity contribution in [2.24, 2.45) is 0 Å². The van der Waals surface area contributed by atoms with Crippen molar-refractivity contribution in [3.63, 3.8) is 0 Å². The fourth-order valence-corrected chi connectivity index (χ4v) is 4.78. The number of rotatable bonds is 5. The van der Waals surface area contributed by atoms with Crippen LogP contribution in [-0.2, 0) is 6.54 Å². The van der Waals surface area contributed by atoms with Crippen LogP contribution in [0.3, 0.4) is 0 Å². The normalized spacial score (nSPS) is 25.1. The summed E-state index contributed by atoms with van der Waals surface area (Å²) in [6, 6.07) is 5.08. The summed E-state index contributed by atoms with van der Waals surface area (Å²) in [7, 11) is 0. The lowest BCUT2D eigenvalue weighted by Crippen LogP contribution is -2.25. The zero-order valence-corrected chi connectivity index (χ0v) is 12.8. The highest BCUT2D eigenvalue weighted by Crippen LogP contribution is 2.30. The molecule has 0 aliphatic heterocycles. The van der Waals surface area contributed by atoms with Gasteiger partial charge in [-0.2, -0.15) is 11.8 Å². The maximum absolute atomic E-state index is 3.68. The maximum atomic E-state index is 3.68. The summed E-state index contributed by atoms with van der Waals surface area (Å²) in [5.74, 6) is 1.26. The molecule has 2 atom stereocenters. The number of hydrogen-bond acceptors (Lipinski definition) is 3. The number of thioether (sulfide) groups is 1. The molecule has 1 aromatic rings. The van der Waals surface area contributed by atoms with Crippen molar-refractivity contribution in [3.05, 3.63) is 20.8 Å². The molecular formula is C12H18BrNS2. The molecule has 16 heavy (non-hydrogen) atoms. The molecule has 4 heteroatoms. The van der Waals surface area contributed by atoms with E-state index in [1.54, 1.807) is 0 Å². The Labute approximate surface area is 115 Å². The molecule has 1 nitrogen and oxygen atoms in total. The van der Waals surface area contributed by atoms with Gasteiger partial charge in [-0.1, -0.05) is 6.92 Å². The quantitative estimate of drug-likeness (QED) is 0.869. The highest BCUT2D eigenvalue weighted by Gasteiger charge is 2.23. The largest absolute Gasteiger partial charge is 0.309 e. The smallest absolute Gasteiger partial charge is 0.0701 e. The zero-order chi connectivity index (χ0) is 11.4. The summed E-state index contributed by atoms with van der Waals surface area (Å²) in [6.07, 6.45) is 4.10. The molecule has 0 saturated heterocycles. The summed E-state index contributed by atoms with van der Waals surface area (Å²) in [5.41, 5.74) is 0. The predicted molar refractivity (Wildman–Crippen MR) is 78.4 cm³/mol. The highest BCUT2D eigenvalue weighted by atomic mass is 79.9. The van der Waals surface area contributed by atoms with Gasteiger partial charge in [0.25, 0.3) is 0 Å². The van der Waals surface area contributed by atoms with Crippen LogP contribution < -0.4 is 5.32 Å². The number of thiophene rings is 1. The average molecular weight is 320 g/mol. The van der Waals surface area contributed by atoms with E-state index in [1.807, 2.05) is 11.3 Å². The standard InChI is InChI=1S/C12H18BrNS2/c1-2-15-10-4-3-9(7-10)14-8-11-5-6-12(13)16-11/h5-6,9-10,14H,2-4,7-8H2,1H3. The fourth-order valence-electron chi connectivity index (χ4n) is 2.20. The van der Waals surface area contributed by atoms with Gasteiger partial charge in [-0.3, -0.25) is 0 Å². The van der Waals surface area contributed by atoms with E-state index < -0.39 is 0 Å². The summed E-state index contributed by atoms with van der Waals surface area (Å²) in [5, 5.41) is 4.58. The molecule has 1 saturated carbocycles. The second kappa shape index (κ2) is 6.43. The van der Waals surface area contributed by atoms with Crippen molar-refractivity contribution in [2.45, 2.75) is 44.0 Å². The van der Waals surface area contributed by atoms with E-state index in [4.69, 9.17) is 0 Å². The van der Waals surface area contributed by atoms with E-state index in [2.05, 4.69) is 52.1 Å². The van der Waals surface area contributed by atoms with Crippen molar-refractivity contribution < 1.29 is 0 Å². The van der Waals surface area contributed by atoms with Gasteiger partial charge in [-0.15, -0.1) is 11.3 Å². The van der Waals surface area contributed by atoms with Crippen LogP contribution in [0, 0.1) is 0 Å². The first-order chi connectivity index (χ1) is 7.78. The predicted octanol–water partition coefficient (Wildman–Crippen LogP) is 4.27. The van der Waals surface area contributed by atoms with Crippen LogP contribution in [0.25, 0.3) is 0 Å². The third kappa shape index (κ3) is 3.76. The Morgan fingerprint density at radius 3 is 3.06 bits per heavy atom. The second-order valence-corrected chi connectivity index (χ2v) is 8.30. The Kier molecular flexibility index (Phi) is 5.20. The minimum atomic E-state index is 0.741. The van der Waals surface area contributed by atoms with Crippen LogP contribution in [0.4, 0.5) is 0 Å². The monoisotopic (exact) mass is 319 g/mol. The summed E-state index contributed by atoms with van der Waals surface area (Å²) in [4.78, 5) is 1.43. The average Bonchev–Trinajstić information content (AvgIpc) is 2.85. The molecule has 0 amide bonds. The zero-order valence-electron chi connectivity index (χ0n) is 9.54. The number of nitrogens with one attached hydrogen (secondary N) is 1. The number of halogens is 1. The van der Waals surface area contributed by atoms with Crippen molar-refractivity contribution in [1.82, 2.24) is 5.32 Å². The van der Waals surface area contributed by atoms with Crippen LogP contribution in [0.5, 0.6) is 0 Å². The van der Waals surface area contributed by atoms with Crippen molar-refractivity contribution in [3.8, 4) is 0 Å². The van der Waals surface area contributed by atoms with E-state index in [1.165, 1.54) is 33.7 Å². The molecule has 90 valence electrons. The first-order valence-corrected chi connectivity index (χ1v) is 8.53. The van der Waals surface area contributed by atoms with E-state index >= 15 is 0 Å². The van der Waals surface area contributed by atoms with Crippen LogP contribution in [0.2, 0.25) is 0 Å². The van der Waals surface area contributed by atoms with Crippen LogP contribution in [-0.4, -0.2) is 17.0 Å². The van der Waals surface area contributed by atoms with Gasteiger partial charge < -0.3 is 5.32 Å². The van der Waals surface area contributed by atoms with E-state index in [9.17, 15) is 0 Å². The van der Waals surface area contributed by atoms with Crippen LogP contribution in [0.1, 0.15) is 31.1 Å². The Morgan fingerprint density at radius 1 is 1.50 bits per heavy atom. The molecule has 2 unspecified atom stereocenters. The van der Waals surface area contributed by atoms with Crippen molar-refractivity contribution >= 4 is 39.0 Å². The Bertz CT molecular complexity index is 327. The minimum Gasteiger partial charge on any atom is -0.309 e. The SMILES string of the molecule is CCSC1CCC(NCc2ccc(Br)s2)C1. The van der Waals surface area contributed by atoms with Gasteiger partial charge in [0.05, 0.1) is 3.79 Å². The molecular weight excluding hydrogens is 302 g/mol. The lowest BCUT2D eigenvalue weighted by molar-refractivity contribution is 0.528. The minimum absolute atomic E-state index is 0.741. The molecule has 0 bridgehead atoms. The Morgan fingerprint density at radius 2 is 2.38 bits per heavy atom. The lowest BCUT2D eigenvalue weighted by atomic mass is 10.2. The molecule has 0 spiro atoms. The molecule has 2 rings (SSSR count). The number of hydrogen-bond donors (Lipinski definition) is 1. The second-order valence-electron chi connectivity index (χ2n) is 4.17. The van der Waals surface area contributed by atoms with E-state index in [0.29, 0.717) is 0 Å². The third-order valence-electron chi connectivity index (χ3n) is 2.98. The summed E-state index contributed by atoms with van der Waals surface area (Å²) >= 11 is 7.46. The fraction of sp³-hybridized carbons (Fsp3) is 0.667. The van der Waals surface area contributed by atoms with Crippen molar-refractivity contribution in [2.75, 3.05) is 5.75 Å². The van der Waals surface area contributed by atoms with Crippen LogP contribution in [0.15, 0.2) is 15.9 Å². The summed E-state index contributed by atoms with van der Waals surface area (Å²) < 4.78 is 1.23. The first-order valence-electron chi connectivity index (χ1n) is 5.87. The van der Waals surface area contributed by atoms with Gasteiger partial charge in [0.2, 0.25) is 0 Å². The Hall–Kier alpha value is 0.490. The Balaban J connectivity index is 1.71. The molecule has 0 aromatic carbocycles. The van der Waals surface area contributed by atoms with Crippen LogP contribution >= 0.6 is 39.0 Å². The molecule has 1 fully saturated rings. The molecule has 1 aliphatic rings. The van der Waals surface area contributed by atoms with Gasteiger partial charge >= 0.3 is 0 Å². The molecule has 1 heterocycles. The van der Waals surface area contributed by atoms with E-state index in [-0.39, 0.29) is 0 Å². The molecule has 1 aromatic heterocycles. The maximum Gasteiger partial charge on any atom is 0.0701 e. The molecule has 1 N–H and O–H groups in total. The van der Waals surface area contributed by atoms with Gasteiger partial charge in [0.15, 0.2) is 0 Å². The van der Waals surface area contributed by atoms with Gasteiger partial charge in [-0.05, 0) is 53.1 Å². The van der Waals surface area contributed by atoms with Gasteiger partial charge in [-0.25, -0.2) is 0 Å². The first kappa shape index (κ1) is 12.9. The lowest BCUT2D eigenvalue weighted by Gasteiger charge is -2.12. The van der Waals surface area contributed by atoms with E-state index in [0.717, 1.165) is 17.8 Å². The molecule has 1 aliphatic carbocycles. The van der Waals surface area contributed by atoms with Gasteiger partial charge in [0.1, 0.15) is 0 Å².